The topological polar surface area (TPSA) is 79.4 Å². The molecule has 2 aromatic carbocycles. The number of aromatic nitrogens is 2. The monoisotopic (exact) mass is 433 g/mol. The first-order valence-corrected chi connectivity index (χ1v) is 10.9. The van der Waals surface area contributed by atoms with Crippen LogP contribution < -0.4 is 10.5 Å². The average Bonchev–Trinajstić information content (AvgIpc) is 3.17. The van der Waals surface area contributed by atoms with Gasteiger partial charge in [0.25, 0.3) is 0 Å². The summed E-state index contributed by atoms with van der Waals surface area (Å²) < 4.78 is 13.8. The molecule has 0 atom stereocenters. The molecule has 3 aromatic rings. The van der Waals surface area contributed by atoms with Crippen molar-refractivity contribution in [1.29, 1.82) is 0 Å². The molecule has 0 bridgehead atoms. The molecule has 168 valence electrons. The van der Waals surface area contributed by atoms with Crippen LogP contribution in [0, 0.1) is 0 Å². The van der Waals surface area contributed by atoms with E-state index in [1.54, 1.807) is 19.2 Å². The van der Waals surface area contributed by atoms with Gasteiger partial charge in [-0.3, -0.25) is 4.79 Å². The van der Waals surface area contributed by atoms with Crippen LogP contribution >= 0.6 is 0 Å². The largest absolute Gasteiger partial charge is 0.494 e. The van der Waals surface area contributed by atoms with E-state index in [9.17, 15) is 4.79 Å². The number of rotatable bonds is 5. The summed E-state index contributed by atoms with van der Waals surface area (Å²) in [6.45, 7) is 8.56. The standard InChI is InChI=1S/C26H31N3O3/c1-25(2)15-19(16-26(3,4)32-25)20-14-22(17-10-12-18(13-11-17)24(27)30)29(28-20)21-8-6-7-9-23(21)31-5/h6-14,19H,15-16H2,1-5H3,(H2,27,30). The van der Waals surface area contributed by atoms with Gasteiger partial charge >= 0.3 is 0 Å². The van der Waals surface area contributed by atoms with Crippen LogP contribution in [0.1, 0.15) is 62.5 Å². The molecule has 0 aliphatic carbocycles. The summed E-state index contributed by atoms with van der Waals surface area (Å²) in [5, 5.41) is 5.07. The van der Waals surface area contributed by atoms with Crippen molar-refractivity contribution < 1.29 is 14.3 Å². The van der Waals surface area contributed by atoms with E-state index >= 15 is 0 Å². The van der Waals surface area contributed by atoms with Crippen LogP contribution in [-0.4, -0.2) is 34.0 Å². The second kappa shape index (κ2) is 8.10. The van der Waals surface area contributed by atoms with Gasteiger partial charge in [-0.15, -0.1) is 0 Å². The Balaban J connectivity index is 1.84. The maximum Gasteiger partial charge on any atom is 0.248 e. The van der Waals surface area contributed by atoms with Gasteiger partial charge in [-0.1, -0.05) is 24.3 Å². The minimum absolute atomic E-state index is 0.232. The third-order valence-electron chi connectivity index (χ3n) is 5.95. The highest BCUT2D eigenvalue weighted by atomic mass is 16.5. The Labute approximate surface area is 189 Å². The molecule has 1 aliphatic heterocycles. The van der Waals surface area contributed by atoms with Gasteiger partial charge in [-0.05, 0) is 70.9 Å². The van der Waals surface area contributed by atoms with Crippen LogP contribution in [0.5, 0.6) is 5.75 Å². The van der Waals surface area contributed by atoms with Crippen molar-refractivity contribution in [3.8, 4) is 22.7 Å². The van der Waals surface area contributed by atoms with E-state index in [2.05, 4.69) is 33.8 Å². The zero-order valence-corrected chi connectivity index (χ0v) is 19.4. The summed E-state index contributed by atoms with van der Waals surface area (Å²) in [5.41, 5.74) is 9.21. The number of benzene rings is 2. The lowest BCUT2D eigenvalue weighted by atomic mass is 9.79. The first kappa shape index (κ1) is 22.1. The van der Waals surface area contributed by atoms with Gasteiger partial charge in [0.05, 0.1) is 29.7 Å². The summed E-state index contributed by atoms with van der Waals surface area (Å²) in [7, 11) is 1.66. The van der Waals surface area contributed by atoms with E-state index in [0.717, 1.165) is 41.2 Å². The number of nitrogens with zero attached hydrogens (tertiary/aromatic N) is 2. The summed E-state index contributed by atoms with van der Waals surface area (Å²) >= 11 is 0. The van der Waals surface area contributed by atoms with Crippen molar-refractivity contribution in [3.05, 3.63) is 65.9 Å². The third kappa shape index (κ3) is 4.41. The van der Waals surface area contributed by atoms with Gasteiger partial charge in [0, 0.05) is 17.0 Å². The van der Waals surface area contributed by atoms with Crippen molar-refractivity contribution in [2.45, 2.75) is 57.7 Å². The minimum atomic E-state index is -0.442. The highest BCUT2D eigenvalue weighted by Crippen LogP contribution is 2.44. The molecule has 1 fully saturated rings. The fourth-order valence-electron chi connectivity index (χ4n) is 4.90. The number of hydrogen-bond donors (Lipinski definition) is 1. The van der Waals surface area contributed by atoms with Gasteiger partial charge in [-0.25, -0.2) is 4.68 Å². The van der Waals surface area contributed by atoms with Crippen LogP contribution in [0.25, 0.3) is 16.9 Å². The number of ether oxygens (including phenoxy) is 2. The number of hydrogen-bond acceptors (Lipinski definition) is 4. The van der Waals surface area contributed by atoms with E-state index in [0.29, 0.717) is 5.56 Å². The molecule has 1 aromatic heterocycles. The van der Waals surface area contributed by atoms with Crippen LogP contribution in [0.15, 0.2) is 54.6 Å². The van der Waals surface area contributed by atoms with Crippen molar-refractivity contribution in [2.75, 3.05) is 7.11 Å². The number of para-hydroxylation sites is 2. The summed E-state index contributed by atoms with van der Waals surface area (Å²) in [5.74, 6) is 0.556. The van der Waals surface area contributed by atoms with Crippen molar-refractivity contribution in [2.24, 2.45) is 5.73 Å². The molecular formula is C26H31N3O3. The quantitative estimate of drug-likeness (QED) is 0.607. The van der Waals surface area contributed by atoms with Crippen LogP contribution in [0.4, 0.5) is 0 Å². The molecule has 6 heteroatoms. The number of amides is 1. The number of carbonyl (C=O) groups is 1. The molecule has 0 saturated carbocycles. The molecule has 1 aliphatic rings. The smallest absolute Gasteiger partial charge is 0.248 e. The summed E-state index contributed by atoms with van der Waals surface area (Å²) in [6.07, 6.45) is 1.78. The Morgan fingerprint density at radius 1 is 1.06 bits per heavy atom. The lowest BCUT2D eigenvalue weighted by Crippen LogP contribution is -2.44. The third-order valence-corrected chi connectivity index (χ3v) is 5.95. The lowest BCUT2D eigenvalue weighted by molar-refractivity contribution is -0.162. The normalized spacial score (nSPS) is 17.8. The first-order valence-electron chi connectivity index (χ1n) is 10.9. The number of methoxy groups -OCH3 is 1. The van der Waals surface area contributed by atoms with Gasteiger partial charge in [0.2, 0.25) is 5.91 Å². The summed E-state index contributed by atoms with van der Waals surface area (Å²) in [6, 6.07) is 17.3. The van der Waals surface area contributed by atoms with Crippen molar-refractivity contribution >= 4 is 5.91 Å². The molecule has 1 amide bonds. The number of nitrogens with two attached hydrogens (primary N) is 1. The average molecular weight is 434 g/mol. The van der Waals surface area contributed by atoms with Crippen LogP contribution in [0.2, 0.25) is 0 Å². The molecule has 0 radical (unpaired) electrons. The maximum absolute atomic E-state index is 11.5. The van der Waals surface area contributed by atoms with Crippen molar-refractivity contribution in [3.63, 3.8) is 0 Å². The fourth-order valence-corrected chi connectivity index (χ4v) is 4.90. The minimum Gasteiger partial charge on any atom is -0.494 e. The number of primary amides is 1. The highest BCUT2D eigenvalue weighted by Gasteiger charge is 2.41. The van der Waals surface area contributed by atoms with Gasteiger partial charge in [-0.2, -0.15) is 5.10 Å². The van der Waals surface area contributed by atoms with Gasteiger partial charge < -0.3 is 15.2 Å². The Morgan fingerprint density at radius 2 is 1.69 bits per heavy atom. The Morgan fingerprint density at radius 3 is 2.28 bits per heavy atom. The molecule has 4 rings (SSSR count). The fraction of sp³-hybridized carbons (Fsp3) is 0.385. The van der Waals surface area contributed by atoms with Gasteiger partial charge in [0.15, 0.2) is 0 Å². The van der Waals surface area contributed by atoms with E-state index in [1.165, 1.54) is 0 Å². The molecule has 0 spiro atoms. The number of carbonyl (C=O) groups excluding carboxylic acids is 1. The van der Waals surface area contributed by atoms with E-state index in [-0.39, 0.29) is 17.1 Å². The van der Waals surface area contributed by atoms with E-state index in [1.807, 2.05) is 41.1 Å². The highest BCUT2D eigenvalue weighted by molar-refractivity contribution is 5.93. The van der Waals surface area contributed by atoms with E-state index < -0.39 is 5.91 Å². The molecule has 0 unspecified atom stereocenters. The molecule has 2 heterocycles. The Kier molecular flexibility index (Phi) is 5.59. The Hall–Kier alpha value is -3.12. The predicted octanol–water partition coefficient (Wildman–Crippen LogP) is 5.10. The first-order chi connectivity index (χ1) is 15.1. The molecule has 2 N–H and O–H groups in total. The van der Waals surface area contributed by atoms with Crippen LogP contribution in [0.3, 0.4) is 0 Å². The predicted molar refractivity (Wildman–Crippen MR) is 125 cm³/mol. The zero-order chi connectivity index (χ0) is 23.1. The maximum atomic E-state index is 11.5. The second-order valence-corrected chi connectivity index (χ2v) is 9.71. The van der Waals surface area contributed by atoms with Crippen LogP contribution in [-0.2, 0) is 4.74 Å². The zero-order valence-electron chi connectivity index (χ0n) is 19.4. The molecule has 32 heavy (non-hydrogen) atoms. The molecular weight excluding hydrogens is 402 g/mol. The summed E-state index contributed by atoms with van der Waals surface area (Å²) in [4.78, 5) is 11.5. The molecule has 6 nitrogen and oxygen atoms in total. The second-order valence-electron chi connectivity index (χ2n) is 9.71. The lowest BCUT2D eigenvalue weighted by Gasteiger charge is -2.45. The van der Waals surface area contributed by atoms with Crippen molar-refractivity contribution in [1.82, 2.24) is 9.78 Å². The van der Waals surface area contributed by atoms with E-state index in [4.69, 9.17) is 20.3 Å². The van der Waals surface area contributed by atoms with Gasteiger partial charge in [0.1, 0.15) is 11.4 Å². The molecule has 1 saturated heterocycles. The SMILES string of the molecule is COc1ccccc1-n1nc(C2CC(C)(C)OC(C)(C)C2)cc1-c1ccc(C(N)=O)cc1. The Bertz CT molecular complexity index is 1110.